The summed E-state index contributed by atoms with van der Waals surface area (Å²) in [5.74, 6) is -0.983. The lowest BCUT2D eigenvalue weighted by molar-refractivity contribution is -0.134. The summed E-state index contributed by atoms with van der Waals surface area (Å²) < 4.78 is 32.2. The summed E-state index contributed by atoms with van der Waals surface area (Å²) in [5.41, 5.74) is -0.697. The lowest BCUT2D eigenvalue weighted by atomic mass is 9.88. The van der Waals surface area contributed by atoms with Gasteiger partial charge in [0.1, 0.15) is 12.1 Å². The molecule has 2 saturated heterocycles. The summed E-state index contributed by atoms with van der Waals surface area (Å²) in [6.07, 6.45) is 2.45. The maximum atomic E-state index is 12.9. The maximum absolute atomic E-state index is 12.9. The predicted molar refractivity (Wildman–Crippen MR) is 117 cm³/mol. The number of morpholine rings is 1. The zero-order valence-electron chi connectivity index (χ0n) is 18.4. The van der Waals surface area contributed by atoms with E-state index in [1.165, 1.54) is 22.5 Å². The van der Waals surface area contributed by atoms with Crippen molar-refractivity contribution in [3.63, 3.8) is 0 Å². The number of carbonyl (C=O) groups excluding carboxylic acids is 3. The van der Waals surface area contributed by atoms with Gasteiger partial charge in [-0.2, -0.15) is 4.31 Å². The molecule has 0 saturated carbocycles. The number of urea groups is 1. The minimum absolute atomic E-state index is 0.0529. The highest BCUT2D eigenvalue weighted by atomic mass is 32.2. The van der Waals surface area contributed by atoms with Gasteiger partial charge in [-0.1, -0.05) is 32.8 Å². The summed E-state index contributed by atoms with van der Waals surface area (Å²) >= 11 is 0. The second-order valence-corrected chi connectivity index (χ2v) is 9.93. The quantitative estimate of drug-likeness (QED) is 0.532. The van der Waals surface area contributed by atoms with Crippen molar-refractivity contribution >= 4 is 33.6 Å². The molecular weight excluding hydrogens is 436 g/mol. The Balaban J connectivity index is 1.70. The summed E-state index contributed by atoms with van der Waals surface area (Å²) in [4.78, 5) is 38.9. The minimum atomic E-state index is -3.71. The number of anilines is 1. The molecular formula is C21H30N4O6S. The summed E-state index contributed by atoms with van der Waals surface area (Å²) in [6, 6.07) is 5.33. The molecule has 2 fully saturated rings. The van der Waals surface area contributed by atoms with Gasteiger partial charge in [0.15, 0.2) is 0 Å². The number of nitrogens with one attached hydrogen (secondary N) is 2. The molecule has 1 aromatic carbocycles. The number of sulfonamides is 1. The first-order valence-electron chi connectivity index (χ1n) is 10.9. The standard InChI is InChI=1S/C21H30N4O6S/c1-3-8-21(9-4-2)19(27)25(20(28)23-21)15-18(26)22-16-6-5-7-17(14-16)32(29,30)24-10-12-31-13-11-24/h5-7,14H,3-4,8-13,15H2,1-2H3,(H,22,26)(H,23,28). The number of hydrogen-bond donors (Lipinski definition) is 2. The number of nitrogens with zero attached hydrogens (tertiary/aromatic N) is 2. The zero-order chi connectivity index (χ0) is 23.4. The highest BCUT2D eigenvalue weighted by Gasteiger charge is 2.50. The van der Waals surface area contributed by atoms with E-state index >= 15 is 0 Å². The Hall–Kier alpha value is -2.50. The van der Waals surface area contributed by atoms with Crippen molar-refractivity contribution < 1.29 is 27.5 Å². The third kappa shape index (κ3) is 4.94. The molecule has 2 heterocycles. The maximum Gasteiger partial charge on any atom is 0.325 e. The second kappa shape index (κ2) is 9.97. The van der Waals surface area contributed by atoms with Crippen molar-refractivity contribution in [2.45, 2.75) is 50.0 Å². The topological polar surface area (TPSA) is 125 Å². The van der Waals surface area contributed by atoms with Crippen LogP contribution in [-0.2, 0) is 24.3 Å². The smallest absolute Gasteiger partial charge is 0.325 e. The normalized spacial score (nSPS) is 19.1. The molecule has 4 amide bonds. The molecule has 0 bridgehead atoms. The molecule has 10 nitrogen and oxygen atoms in total. The lowest BCUT2D eigenvalue weighted by Gasteiger charge is -2.26. The Morgan fingerprint density at radius 2 is 1.81 bits per heavy atom. The Morgan fingerprint density at radius 1 is 1.16 bits per heavy atom. The summed E-state index contributed by atoms with van der Waals surface area (Å²) in [5, 5.41) is 5.36. The highest BCUT2D eigenvalue weighted by Crippen LogP contribution is 2.28. The van der Waals surface area contributed by atoms with Gasteiger partial charge >= 0.3 is 6.03 Å². The van der Waals surface area contributed by atoms with Crippen LogP contribution >= 0.6 is 0 Å². The van der Waals surface area contributed by atoms with Crippen LogP contribution < -0.4 is 10.6 Å². The van der Waals surface area contributed by atoms with Gasteiger partial charge in [-0.3, -0.25) is 14.5 Å². The van der Waals surface area contributed by atoms with Crippen molar-refractivity contribution in [3.8, 4) is 0 Å². The molecule has 0 unspecified atom stereocenters. The van der Waals surface area contributed by atoms with Crippen LogP contribution in [0.25, 0.3) is 0 Å². The number of hydrogen-bond acceptors (Lipinski definition) is 6. The van der Waals surface area contributed by atoms with Crippen LogP contribution in [-0.4, -0.2) is 73.9 Å². The van der Waals surface area contributed by atoms with Gasteiger partial charge in [0.25, 0.3) is 5.91 Å². The van der Waals surface area contributed by atoms with Crippen molar-refractivity contribution in [1.82, 2.24) is 14.5 Å². The first-order valence-corrected chi connectivity index (χ1v) is 12.3. The lowest BCUT2D eigenvalue weighted by Crippen LogP contribution is -2.47. The van der Waals surface area contributed by atoms with Crippen LogP contribution in [0.3, 0.4) is 0 Å². The number of rotatable bonds is 9. The fourth-order valence-electron chi connectivity index (χ4n) is 4.15. The minimum Gasteiger partial charge on any atom is -0.379 e. The van der Waals surface area contributed by atoms with E-state index in [1.54, 1.807) is 6.07 Å². The fraction of sp³-hybridized carbons (Fsp3) is 0.571. The number of imide groups is 1. The predicted octanol–water partition coefficient (Wildman–Crippen LogP) is 1.54. The molecule has 0 aliphatic carbocycles. The Labute approximate surface area is 188 Å². The molecule has 3 rings (SSSR count). The van der Waals surface area contributed by atoms with E-state index < -0.39 is 40.0 Å². The van der Waals surface area contributed by atoms with Gasteiger partial charge in [0.05, 0.1) is 18.1 Å². The SMILES string of the molecule is CCCC1(CCC)NC(=O)N(CC(=O)Nc2cccc(S(=O)(=O)N3CCOCC3)c2)C1=O. The molecule has 2 aliphatic rings. The van der Waals surface area contributed by atoms with Crippen molar-refractivity contribution in [3.05, 3.63) is 24.3 Å². The van der Waals surface area contributed by atoms with Crippen LogP contribution in [0.5, 0.6) is 0 Å². The summed E-state index contributed by atoms with van der Waals surface area (Å²) in [7, 11) is -3.71. The van der Waals surface area contributed by atoms with E-state index in [1.807, 2.05) is 13.8 Å². The average molecular weight is 467 g/mol. The first kappa shape index (κ1) is 24.1. The number of carbonyl (C=O) groups is 3. The third-order valence-electron chi connectivity index (χ3n) is 5.63. The van der Waals surface area contributed by atoms with Gasteiger partial charge in [0.2, 0.25) is 15.9 Å². The van der Waals surface area contributed by atoms with Crippen LogP contribution in [0, 0.1) is 0 Å². The van der Waals surface area contributed by atoms with Gasteiger partial charge in [0, 0.05) is 18.8 Å². The number of benzene rings is 1. The second-order valence-electron chi connectivity index (χ2n) is 8.00. The van der Waals surface area contributed by atoms with Gasteiger partial charge in [-0.15, -0.1) is 0 Å². The molecule has 0 radical (unpaired) electrons. The Kier molecular flexibility index (Phi) is 7.52. The molecule has 1 aromatic rings. The van der Waals surface area contributed by atoms with E-state index in [4.69, 9.17) is 4.74 Å². The van der Waals surface area contributed by atoms with E-state index in [2.05, 4.69) is 10.6 Å². The van der Waals surface area contributed by atoms with E-state index in [-0.39, 0.29) is 23.7 Å². The van der Waals surface area contributed by atoms with E-state index in [9.17, 15) is 22.8 Å². The number of ether oxygens (including phenoxy) is 1. The fourth-order valence-corrected chi connectivity index (χ4v) is 5.61. The molecule has 2 aliphatic heterocycles. The van der Waals surface area contributed by atoms with Crippen LogP contribution in [0.15, 0.2) is 29.2 Å². The molecule has 0 atom stereocenters. The van der Waals surface area contributed by atoms with Crippen LogP contribution in [0.1, 0.15) is 39.5 Å². The monoisotopic (exact) mass is 466 g/mol. The molecule has 32 heavy (non-hydrogen) atoms. The number of amides is 4. The van der Waals surface area contributed by atoms with E-state index in [0.717, 1.165) is 17.7 Å². The van der Waals surface area contributed by atoms with Gasteiger partial charge in [-0.25, -0.2) is 13.2 Å². The largest absolute Gasteiger partial charge is 0.379 e. The van der Waals surface area contributed by atoms with Crippen molar-refractivity contribution in [2.24, 2.45) is 0 Å². The van der Waals surface area contributed by atoms with Crippen LogP contribution in [0.4, 0.5) is 10.5 Å². The molecule has 0 aromatic heterocycles. The van der Waals surface area contributed by atoms with Gasteiger partial charge in [-0.05, 0) is 31.0 Å². The first-order chi connectivity index (χ1) is 15.2. The highest BCUT2D eigenvalue weighted by molar-refractivity contribution is 7.89. The van der Waals surface area contributed by atoms with Gasteiger partial charge < -0.3 is 15.4 Å². The third-order valence-corrected chi connectivity index (χ3v) is 7.52. The van der Waals surface area contributed by atoms with Crippen molar-refractivity contribution in [1.29, 1.82) is 0 Å². The molecule has 11 heteroatoms. The van der Waals surface area contributed by atoms with E-state index in [0.29, 0.717) is 26.1 Å². The zero-order valence-corrected chi connectivity index (χ0v) is 19.2. The average Bonchev–Trinajstić information content (AvgIpc) is 2.99. The molecule has 0 spiro atoms. The Bertz CT molecular complexity index is 968. The van der Waals surface area contributed by atoms with Crippen molar-refractivity contribution in [2.75, 3.05) is 38.2 Å². The molecule has 2 N–H and O–H groups in total. The Morgan fingerprint density at radius 3 is 2.44 bits per heavy atom. The van der Waals surface area contributed by atoms with Crippen LogP contribution in [0.2, 0.25) is 0 Å². The molecule has 176 valence electrons. The summed E-state index contributed by atoms with van der Waals surface area (Å²) in [6.45, 7) is 4.62.